The Morgan fingerprint density at radius 3 is 0.476 bits per heavy atom. The van der Waals surface area contributed by atoms with Crippen molar-refractivity contribution < 1.29 is 156 Å². The van der Waals surface area contributed by atoms with Crippen LogP contribution in [-0.4, -0.2) is 85.8 Å². The fourth-order valence-electron chi connectivity index (χ4n) is 2.05. The fourth-order valence-corrected chi connectivity index (χ4v) is 2.05. The molecule has 3 radical (unpaired) electrons. The van der Waals surface area contributed by atoms with E-state index in [9.17, 15) is 89.1 Å². The Morgan fingerprint density at radius 1 is 0.333 bits per heavy atom. The van der Waals surface area contributed by atoms with E-state index in [1.807, 2.05) is 0 Å². The van der Waals surface area contributed by atoms with Crippen molar-refractivity contribution in [3.63, 3.8) is 0 Å². The third-order valence-electron chi connectivity index (χ3n) is 3.76. The van der Waals surface area contributed by atoms with E-state index >= 15 is 0 Å². The van der Waals surface area contributed by atoms with Crippen molar-refractivity contribution >= 4 is 53.7 Å². The number of aliphatic carboxylic acids is 9. The Balaban J connectivity index is -0.000000112. The molecule has 0 aromatic rings. The van der Waals surface area contributed by atoms with E-state index in [2.05, 4.69) is 0 Å². The molecule has 0 fully saturated rings. The van der Waals surface area contributed by atoms with E-state index in [-0.39, 0.29) is 51.2 Å². The first kappa shape index (κ1) is 51.4. The van der Waals surface area contributed by atoms with Gasteiger partial charge in [0.05, 0.1) is 17.9 Å². The Bertz CT molecular complexity index is 821. The van der Waals surface area contributed by atoms with Gasteiger partial charge in [-0.15, -0.1) is 0 Å². The number of aliphatic hydroxyl groups is 3. The van der Waals surface area contributed by atoms with Gasteiger partial charge in [-0.3, -0.25) is 0 Å². The van der Waals surface area contributed by atoms with Gasteiger partial charge in [-0.2, -0.15) is 0 Å². The summed E-state index contributed by atoms with van der Waals surface area (Å²) in [4.78, 5) is 90.0. The molecule has 0 aromatic carbocycles. The second-order valence-corrected chi connectivity index (χ2v) is 7.25. The van der Waals surface area contributed by atoms with E-state index in [1.165, 1.54) is 0 Å². The van der Waals surface area contributed by atoms with E-state index in [0.717, 1.165) is 0 Å². The summed E-state index contributed by atoms with van der Waals surface area (Å²) in [5.74, 6) is -18.0. The van der Waals surface area contributed by atoms with E-state index in [4.69, 9.17) is 15.3 Å². The minimum atomic E-state index is -2.97. The van der Waals surface area contributed by atoms with Gasteiger partial charge < -0.3 is 104 Å². The average molecular weight is 735 g/mol. The van der Waals surface area contributed by atoms with Gasteiger partial charge in [0.15, 0.2) is 0 Å². The van der Waals surface area contributed by atoms with Crippen molar-refractivity contribution in [1.82, 2.24) is 0 Å². The topological polar surface area (TPSA) is 422 Å². The summed E-state index contributed by atoms with van der Waals surface area (Å²) in [5, 5.41) is 117. The molecular weight excluding hydrogens is 720 g/mol. The van der Waals surface area contributed by atoms with Gasteiger partial charge in [0, 0.05) is 74.3 Å². The van der Waals surface area contributed by atoms with Gasteiger partial charge in [0.25, 0.3) is 0 Å². The van der Waals surface area contributed by atoms with Gasteiger partial charge in [0.1, 0.15) is 16.8 Å². The molecule has 42 heavy (non-hydrogen) atoms. The first-order valence-corrected chi connectivity index (χ1v) is 9.34. The Hall–Kier alpha value is -3.33. The van der Waals surface area contributed by atoms with Gasteiger partial charge in [-0.05, 0) is 0 Å². The van der Waals surface area contributed by atoms with Crippen LogP contribution in [-0.2, 0) is 94.4 Å². The summed E-state index contributed by atoms with van der Waals surface area (Å²) >= 11 is 0. The van der Waals surface area contributed by atoms with Crippen molar-refractivity contribution in [3.8, 4) is 0 Å². The SMILES string of the molecule is O=C([O-])CC(O)(CC(=O)[O-])C(=O)[O-].O=C([O-])CC(O)(CC(=O)[O-])C(=O)[O-].O=C([O-])CC(O)(CC(=O)[O-])C(=O)[O-].[Fe+3].[Fe+3].[Fe+3]. The number of carbonyl (C=O) groups excluding carboxylic acids is 9. The van der Waals surface area contributed by atoms with Gasteiger partial charge in [0.2, 0.25) is 0 Å². The Morgan fingerprint density at radius 2 is 0.429 bits per heavy atom. The van der Waals surface area contributed by atoms with Crippen LogP contribution in [0.4, 0.5) is 0 Å². The van der Waals surface area contributed by atoms with Crippen LogP contribution < -0.4 is 46.0 Å². The molecule has 0 aliphatic heterocycles. The summed E-state index contributed by atoms with van der Waals surface area (Å²) in [5.41, 5.74) is -8.92. The molecule has 0 amide bonds. The largest absolute Gasteiger partial charge is 3.00 e. The molecule has 0 saturated carbocycles. The van der Waals surface area contributed by atoms with Crippen LogP contribution in [0.5, 0.6) is 0 Å². The van der Waals surface area contributed by atoms with E-state index in [0.29, 0.717) is 0 Å². The molecule has 0 saturated heterocycles. The first-order chi connectivity index (χ1) is 17.3. The van der Waals surface area contributed by atoms with Crippen molar-refractivity contribution in [2.24, 2.45) is 0 Å². The maximum absolute atomic E-state index is 10.1. The molecule has 0 rings (SSSR count). The third kappa shape index (κ3) is 23.4. The molecule has 0 aromatic heterocycles. The minimum absolute atomic E-state index is 0. The quantitative estimate of drug-likeness (QED) is 0.131. The Kier molecular flexibility index (Phi) is 27.3. The zero-order valence-corrected chi connectivity index (χ0v) is 23.3. The summed E-state index contributed by atoms with van der Waals surface area (Å²) in [6.07, 6.45) is -8.15. The zero-order valence-electron chi connectivity index (χ0n) is 20.0. The molecule has 3 N–H and O–H groups in total. The van der Waals surface area contributed by atoms with E-state index < -0.39 is 109 Å². The van der Waals surface area contributed by atoms with Gasteiger partial charge in [-0.25, -0.2) is 0 Å². The summed E-state index contributed by atoms with van der Waals surface area (Å²) in [6.45, 7) is 0. The van der Waals surface area contributed by atoms with Gasteiger partial charge >= 0.3 is 51.2 Å². The molecule has 21 nitrogen and oxygen atoms in total. The summed E-state index contributed by atoms with van der Waals surface area (Å²) in [6, 6.07) is 0. The maximum atomic E-state index is 10.1. The summed E-state index contributed by atoms with van der Waals surface area (Å²) < 4.78 is 0. The van der Waals surface area contributed by atoms with Crippen LogP contribution >= 0.6 is 0 Å². The monoisotopic (exact) mass is 735 g/mol. The van der Waals surface area contributed by atoms with Crippen LogP contribution in [0.25, 0.3) is 0 Å². The molecule has 0 aliphatic carbocycles. The fraction of sp³-hybridized carbons (Fsp3) is 0.500. The normalized spacial score (nSPS) is 10.1. The van der Waals surface area contributed by atoms with Crippen LogP contribution in [0.3, 0.4) is 0 Å². The number of rotatable bonds is 15. The molecule has 0 heterocycles. The molecule has 0 unspecified atom stereocenters. The van der Waals surface area contributed by atoms with Crippen LogP contribution in [0.15, 0.2) is 0 Å². The second-order valence-electron chi connectivity index (χ2n) is 7.25. The molecule has 0 atom stereocenters. The van der Waals surface area contributed by atoms with Crippen LogP contribution in [0, 0.1) is 0 Å². The number of hydrogen-bond acceptors (Lipinski definition) is 21. The average Bonchev–Trinajstić information content (AvgIpc) is 2.64. The van der Waals surface area contributed by atoms with Crippen LogP contribution in [0.1, 0.15) is 38.5 Å². The van der Waals surface area contributed by atoms with Crippen molar-refractivity contribution in [3.05, 3.63) is 0 Å². The molecular formula is C18H15Fe3O21. The molecule has 237 valence electrons. The number of hydrogen-bond donors (Lipinski definition) is 3. The minimum Gasteiger partial charge on any atom is -0.550 e. The molecule has 0 spiro atoms. The molecule has 0 aliphatic rings. The second kappa shape index (κ2) is 22.3. The molecule has 0 bridgehead atoms. The van der Waals surface area contributed by atoms with Crippen LogP contribution in [0.2, 0.25) is 0 Å². The van der Waals surface area contributed by atoms with Crippen molar-refractivity contribution in [1.29, 1.82) is 0 Å². The van der Waals surface area contributed by atoms with E-state index in [1.54, 1.807) is 0 Å². The maximum Gasteiger partial charge on any atom is 3.00 e. The predicted molar refractivity (Wildman–Crippen MR) is 87.6 cm³/mol. The zero-order chi connectivity index (χ0) is 31.9. The number of carboxylic acids is 9. The predicted octanol–water partition coefficient (Wildman–Crippen LogP) is -15.8. The standard InChI is InChI=1S/3C6H8O7.3Fe/c3*7-3(8)1-6(13,5(11)12)2-4(9)10;;;/h3*13H,1-2H2,(H,7,8)(H,9,10)(H,11,12);;;/q;;;3*+3/p-9. The van der Waals surface area contributed by atoms with Gasteiger partial charge in [-0.1, -0.05) is 0 Å². The number of carboxylic acid groups (broad SMARTS) is 9. The third-order valence-corrected chi connectivity index (χ3v) is 3.76. The first-order valence-electron chi connectivity index (χ1n) is 9.34. The smallest absolute Gasteiger partial charge is 0.550 e. The Labute approximate surface area is 264 Å². The summed E-state index contributed by atoms with van der Waals surface area (Å²) in [7, 11) is 0. The van der Waals surface area contributed by atoms with Crippen molar-refractivity contribution in [2.75, 3.05) is 0 Å². The molecule has 24 heteroatoms. The van der Waals surface area contributed by atoms with Crippen molar-refractivity contribution in [2.45, 2.75) is 55.3 Å². The number of carbonyl (C=O) groups is 9.